The number of ether oxygens (including phenoxy) is 2. The van der Waals surface area contributed by atoms with Crippen LogP contribution in [0, 0.1) is 0 Å². The normalized spacial score (nSPS) is 12.3. The van der Waals surface area contributed by atoms with Crippen LogP contribution in [-0.4, -0.2) is 49.7 Å². The number of methoxy groups -OCH3 is 1. The molecular formula is C11H21NO4S. The summed E-state index contributed by atoms with van der Waals surface area (Å²) in [7, 11) is 1.31. The zero-order valence-corrected chi connectivity index (χ0v) is 11.6. The molecule has 0 aromatic carbocycles. The molecule has 1 atom stereocenters. The van der Waals surface area contributed by atoms with Crippen LogP contribution in [0.25, 0.3) is 0 Å². The van der Waals surface area contributed by atoms with Gasteiger partial charge in [0.2, 0.25) is 5.91 Å². The zero-order chi connectivity index (χ0) is 13.3. The van der Waals surface area contributed by atoms with Crippen molar-refractivity contribution in [1.82, 2.24) is 5.32 Å². The SMILES string of the molecule is COC(=O)[C@H](CCSC)NC(=O)COC(C)C. The maximum atomic E-state index is 11.5. The van der Waals surface area contributed by atoms with Gasteiger partial charge in [-0.15, -0.1) is 0 Å². The molecule has 1 N–H and O–H groups in total. The van der Waals surface area contributed by atoms with Gasteiger partial charge in [-0.1, -0.05) is 0 Å². The number of amides is 1. The lowest BCUT2D eigenvalue weighted by atomic mass is 10.2. The molecule has 1 amide bonds. The molecule has 5 nitrogen and oxygen atoms in total. The van der Waals surface area contributed by atoms with Crippen LogP contribution < -0.4 is 5.32 Å². The quantitative estimate of drug-likeness (QED) is 0.657. The van der Waals surface area contributed by atoms with Gasteiger partial charge in [-0.2, -0.15) is 11.8 Å². The number of thioether (sulfide) groups is 1. The first-order valence-electron chi connectivity index (χ1n) is 5.49. The van der Waals surface area contributed by atoms with E-state index >= 15 is 0 Å². The van der Waals surface area contributed by atoms with Crippen molar-refractivity contribution >= 4 is 23.6 Å². The Hall–Kier alpha value is -0.750. The average Bonchev–Trinajstić information content (AvgIpc) is 2.30. The molecule has 0 saturated carbocycles. The van der Waals surface area contributed by atoms with Crippen molar-refractivity contribution in [3.05, 3.63) is 0 Å². The van der Waals surface area contributed by atoms with E-state index in [0.29, 0.717) is 6.42 Å². The topological polar surface area (TPSA) is 64.6 Å². The zero-order valence-electron chi connectivity index (χ0n) is 10.8. The first-order valence-corrected chi connectivity index (χ1v) is 6.88. The van der Waals surface area contributed by atoms with Crippen LogP contribution >= 0.6 is 11.8 Å². The molecule has 100 valence electrons. The fourth-order valence-corrected chi connectivity index (χ4v) is 1.58. The molecule has 0 aliphatic rings. The summed E-state index contributed by atoms with van der Waals surface area (Å²) in [6.45, 7) is 3.65. The molecule has 0 aliphatic heterocycles. The molecule has 0 aromatic rings. The summed E-state index contributed by atoms with van der Waals surface area (Å²) < 4.78 is 9.79. The highest BCUT2D eigenvalue weighted by Gasteiger charge is 2.20. The van der Waals surface area contributed by atoms with Gasteiger partial charge in [-0.05, 0) is 32.3 Å². The Kier molecular flexibility index (Phi) is 8.89. The first-order chi connectivity index (χ1) is 8.01. The lowest BCUT2D eigenvalue weighted by Gasteiger charge is -2.16. The van der Waals surface area contributed by atoms with Crippen molar-refractivity contribution in [2.75, 3.05) is 25.7 Å². The molecule has 0 fully saturated rings. The van der Waals surface area contributed by atoms with Crippen molar-refractivity contribution < 1.29 is 19.1 Å². The smallest absolute Gasteiger partial charge is 0.328 e. The summed E-state index contributed by atoms with van der Waals surface area (Å²) >= 11 is 1.61. The lowest BCUT2D eigenvalue weighted by Crippen LogP contribution is -2.43. The van der Waals surface area contributed by atoms with Crippen LogP contribution in [0.1, 0.15) is 20.3 Å². The molecule has 0 heterocycles. The molecule has 6 heteroatoms. The Morgan fingerprint density at radius 1 is 1.35 bits per heavy atom. The van der Waals surface area contributed by atoms with Crippen LogP contribution in [0.4, 0.5) is 0 Å². The molecule has 0 aromatic heterocycles. The standard InChI is InChI=1S/C11H21NO4S/c1-8(2)16-7-10(13)12-9(5-6-17-4)11(14)15-3/h8-9H,5-7H2,1-4H3,(H,12,13)/t9-/m0/s1. The molecule has 0 radical (unpaired) electrons. The molecule has 17 heavy (non-hydrogen) atoms. The maximum absolute atomic E-state index is 11.5. The minimum Gasteiger partial charge on any atom is -0.467 e. The molecule has 0 rings (SSSR count). The van der Waals surface area contributed by atoms with E-state index in [-0.39, 0.29) is 18.6 Å². The Bertz CT molecular complexity index is 246. The van der Waals surface area contributed by atoms with Crippen molar-refractivity contribution in [2.24, 2.45) is 0 Å². The maximum Gasteiger partial charge on any atom is 0.328 e. The van der Waals surface area contributed by atoms with Gasteiger partial charge in [0, 0.05) is 0 Å². The third-order valence-electron chi connectivity index (χ3n) is 1.98. The predicted molar refractivity (Wildman–Crippen MR) is 68.0 cm³/mol. The Morgan fingerprint density at radius 2 is 2.00 bits per heavy atom. The van der Waals surface area contributed by atoms with Gasteiger partial charge in [0.15, 0.2) is 0 Å². The van der Waals surface area contributed by atoms with E-state index in [0.717, 1.165) is 5.75 Å². The Morgan fingerprint density at radius 3 is 2.47 bits per heavy atom. The molecule has 0 bridgehead atoms. The van der Waals surface area contributed by atoms with Gasteiger partial charge in [-0.3, -0.25) is 4.79 Å². The monoisotopic (exact) mass is 263 g/mol. The number of hydrogen-bond acceptors (Lipinski definition) is 5. The van der Waals surface area contributed by atoms with E-state index in [4.69, 9.17) is 4.74 Å². The van der Waals surface area contributed by atoms with Crippen LogP contribution in [0.3, 0.4) is 0 Å². The summed E-state index contributed by atoms with van der Waals surface area (Å²) in [5, 5.41) is 2.61. The highest BCUT2D eigenvalue weighted by atomic mass is 32.2. The van der Waals surface area contributed by atoms with Gasteiger partial charge in [-0.25, -0.2) is 4.79 Å². The van der Waals surface area contributed by atoms with Gasteiger partial charge in [0.1, 0.15) is 12.6 Å². The molecule has 0 unspecified atom stereocenters. The number of esters is 1. The van der Waals surface area contributed by atoms with E-state index in [9.17, 15) is 9.59 Å². The number of nitrogens with one attached hydrogen (secondary N) is 1. The number of carbonyl (C=O) groups excluding carboxylic acids is 2. The van der Waals surface area contributed by atoms with Crippen LogP contribution in [0.15, 0.2) is 0 Å². The summed E-state index contributed by atoms with van der Waals surface area (Å²) in [4.78, 5) is 22.9. The highest BCUT2D eigenvalue weighted by molar-refractivity contribution is 7.98. The van der Waals surface area contributed by atoms with Crippen molar-refractivity contribution in [1.29, 1.82) is 0 Å². The predicted octanol–water partition coefficient (Wildman–Crippen LogP) is 0.822. The van der Waals surface area contributed by atoms with Gasteiger partial charge in [0.05, 0.1) is 13.2 Å². The van der Waals surface area contributed by atoms with Gasteiger partial charge >= 0.3 is 5.97 Å². The number of hydrogen-bond donors (Lipinski definition) is 1. The number of rotatable bonds is 8. The van der Waals surface area contributed by atoms with Crippen molar-refractivity contribution in [3.63, 3.8) is 0 Å². The highest BCUT2D eigenvalue weighted by Crippen LogP contribution is 2.02. The summed E-state index contributed by atoms with van der Waals surface area (Å²) in [6.07, 6.45) is 2.49. The fourth-order valence-electron chi connectivity index (χ4n) is 1.11. The van der Waals surface area contributed by atoms with Crippen molar-refractivity contribution in [2.45, 2.75) is 32.4 Å². The van der Waals surface area contributed by atoms with E-state index in [1.807, 2.05) is 20.1 Å². The molecule has 0 saturated heterocycles. The average molecular weight is 263 g/mol. The summed E-state index contributed by atoms with van der Waals surface area (Å²) in [5.41, 5.74) is 0. The van der Waals surface area contributed by atoms with E-state index in [2.05, 4.69) is 10.1 Å². The minimum atomic E-state index is -0.587. The van der Waals surface area contributed by atoms with Gasteiger partial charge in [0.25, 0.3) is 0 Å². The minimum absolute atomic E-state index is 0.0106. The van der Waals surface area contributed by atoms with Crippen LogP contribution in [0.2, 0.25) is 0 Å². The fraction of sp³-hybridized carbons (Fsp3) is 0.818. The number of carbonyl (C=O) groups is 2. The lowest BCUT2D eigenvalue weighted by molar-refractivity contribution is -0.145. The molecule has 0 aliphatic carbocycles. The van der Waals surface area contributed by atoms with Gasteiger partial charge < -0.3 is 14.8 Å². The van der Waals surface area contributed by atoms with E-state index in [1.54, 1.807) is 11.8 Å². The molecule has 0 spiro atoms. The third-order valence-corrected chi connectivity index (χ3v) is 2.62. The molecular weight excluding hydrogens is 242 g/mol. The van der Waals surface area contributed by atoms with Crippen LogP contribution in [-0.2, 0) is 19.1 Å². The van der Waals surface area contributed by atoms with Crippen molar-refractivity contribution in [3.8, 4) is 0 Å². The largest absolute Gasteiger partial charge is 0.467 e. The second-order valence-electron chi connectivity index (χ2n) is 3.78. The van der Waals surface area contributed by atoms with Crippen LogP contribution in [0.5, 0.6) is 0 Å². The Balaban J connectivity index is 4.12. The Labute approximate surface area is 107 Å². The summed E-state index contributed by atoms with van der Waals surface area (Å²) in [6, 6.07) is -0.587. The third kappa shape index (κ3) is 8.04. The second kappa shape index (κ2) is 9.30. The van der Waals surface area contributed by atoms with E-state index in [1.165, 1.54) is 7.11 Å². The van der Waals surface area contributed by atoms with E-state index < -0.39 is 12.0 Å². The second-order valence-corrected chi connectivity index (χ2v) is 4.77. The first kappa shape index (κ1) is 16.2. The summed E-state index contributed by atoms with van der Waals surface area (Å²) in [5.74, 6) is 0.0672.